The number of carbonyl (C=O) groups excluding carboxylic acids is 1. The van der Waals surface area contributed by atoms with Gasteiger partial charge in [-0.2, -0.15) is 12.7 Å². The van der Waals surface area contributed by atoms with Gasteiger partial charge in [0.1, 0.15) is 0 Å². The molecular weight excluding hydrogens is 278 g/mol. The summed E-state index contributed by atoms with van der Waals surface area (Å²) in [6.07, 6.45) is 6.37. The molecule has 1 amide bonds. The van der Waals surface area contributed by atoms with Gasteiger partial charge in [-0.3, -0.25) is 4.79 Å². The molecule has 2 aliphatic heterocycles. The summed E-state index contributed by atoms with van der Waals surface area (Å²) in [7, 11) is -3.30. The van der Waals surface area contributed by atoms with Gasteiger partial charge < -0.3 is 4.90 Å². The number of carbonyl (C=O) groups is 1. The van der Waals surface area contributed by atoms with Crippen LogP contribution in [0.1, 0.15) is 44.9 Å². The van der Waals surface area contributed by atoms with Gasteiger partial charge in [0.15, 0.2) is 0 Å². The molecular formula is C13H25N3O3S. The number of hydrogen-bond acceptors (Lipinski definition) is 3. The summed E-state index contributed by atoms with van der Waals surface area (Å²) in [5, 5.41) is 0. The molecule has 2 heterocycles. The summed E-state index contributed by atoms with van der Waals surface area (Å²) in [5.41, 5.74) is 0. The van der Waals surface area contributed by atoms with E-state index in [9.17, 15) is 13.2 Å². The first kappa shape index (κ1) is 15.7. The highest BCUT2D eigenvalue weighted by molar-refractivity contribution is 7.87. The fourth-order valence-corrected chi connectivity index (χ4v) is 4.09. The molecule has 2 saturated heterocycles. The highest BCUT2D eigenvalue weighted by atomic mass is 32.2. The molecule has 0 bridgehead atoms. The monoisotopic (exact) mass is 303 g/mol. The first-order chi connectivity index (χ1) is 9.59. The van der Waals surface area contributed by atoms with Crippen LogP contribution in [-0.4, -0.2) is 56.3 Å². The molecule has 0 atom stereocenters. The lowest BCUT2D eigenvalue weighted by molar-refractivity contribution is -0.130. The van der Waals surface area contributed by atoms with E-state index < -0.39 is 10.2 Å². The van der Waals surface area contributed by atoms with Crippen molar-refractivity contribution < 1.29 is 13.2 Å². The van der Waals surface area contributed by atoms with Gasteiger partial charge >= 0.3 is 0 Å². The predicted octanol–water partition coefficient (Wildman–Crippen LogP) is 0.709. The lowest BCUT2D eigenvalue weighted by Crippen LogP contribution is -2.40. The van der Waals surface area contributed by atoms with Gasteiger partial charge in [0.2, 0.25) is 5.91 Å². The van der Waals surface area contributed by atoms with E-state index in [2.05, 4.69) is 4.72 Å². The molecule has 2 fully saturated rings. The van der Waals surface area contributed by atoms with Crippen molar-refractivity contribution in [2.75, 3.05) is 32.7 Å². The minimum Gasteiger partial charge on any atom is -0.343 e. The van der Waals surface area contributed by atoms with Gasteiger partial charge in [-0.25, -0.2) is 4.72 Å². The van der Waals surface area contributed by atoms with Crippen LogP contribution in [0, 0.1) is 0 Å². The molecule has 0 spiro atoms. The van der Waals surface area contributed by atoms with E-state index in [0.29, 0.717) is 39.0 Å². The molecule has 0 aromatic carbocycles. The minimum atomic E-state index is -3.30. The first-order valence-corrected chi connectivity index (χ1v) is 9.06. The van der Waals surface area contributed by atoms with Crippen molar-refractivity contribution in [3.05, 3.63) is 0 Å². The third-order valence-electron chi connectivity index (χ3n) is 3.97. The van der Waals surface area contributed by atoms with Crippen molar-refractivity contribution in [2.24, 2.45) is 0 Å². The van der Waals surface area contributed by atoms with Gasteiger partial charge in [0.05, 0.1) is 0 Å². The second kappa shape index (κ2) is 7.38. The van der Waals surface area contributed by atoms with Crippen molar-refractivity contribution >= 4 is 16.1 Å². The molecule has 0 unspecified atom stereocenters. The van der Waals surface area contributed by atoms with Crippen LogP contribution in [0.5, 0.6) is 0 Å². The highest BCUT2D eigenvalue weighted by Gasteiger charge is 2.24. The summed E-state index contributed by atoms with van der Waals surface area (Å²) >= 11 is 0. The van der Waals surface area contributed by atoms with Crippen molar-refractivity contribution in [3.63, 3.8) is 0 Å². The van der Waals surface area contributed by atoms with Crippen molar-refractivity contribution in [3.8, 4) is 0 Å². The lowest BCUT2D eigenvalue weighted by atomic mass is 10.2. The van der Waals surface area contributed by atoms with Crippen LogP contribution in [0.15, 0.2) is 0 Å². The van der Waals surface area contributed by atoms with Crippen LogP contribution in [0.2, 0.25) is 0 Å². The molecule has 2 rings (SSSR count). The fourth-order valence-electron chi connectivity index (χ4n) is 2.77. The molecule has 20 heavy (non-hydrogen) atoms. The number of amides is 1. The zero-order valence-corrected chi connectivity index (χ0v) is 12.8. The van der Waals surface area contributed by atoms with Gasteiger partial charge in [-0.1, -0.05) is 6.42 Å². The first-order valence-electron chi connectivity index (χ1n) is 7.62. The summed E-state index contributed by atoms with van der Waals surface area (Å²) < 4.78 is 28.0. The average Bonchev–Trinajstić information content (AvgIpc) is 2.88. The molecule has 0 aliphatic carbocycles. The van der Waals surface area contributed by atoms with Crippen LogP contribution >= 0.6 is 0 Å². The maximum absolute atomic E-state index is 11.9. The Hall–Kier alpha value is -0.660. The quantitative estimate of drug-likeness (QED) is 0.735. The zero-order valence-electron chi connectivity index (χ0n) is 12.0. The molecule has 116 valence electrons. The van der Waals surface area contributed by atoms with Crippen LogP contribution in [0.3, 0.4) is 0 Å². The van der Waals surface area contributed by atoms with E-state index in [4.69, 9.17) is 0 Å². The third-order valence-corrected chi connectivity index (χ3v) is 5.58. The van der Waals surface area contributed by atoms with E-state index >= 15 is 0 Å². The Kier molecular flexibility index (Phi) is 5.80. The smallest absolute Gasteiger partial charge is 0.279 e. The largest absolute Gasteiger partial charge is 0.343 e. The minimum absolute atomic E-state index is 0.213. The van der Waals surface area contributed by atoms with Crippen LogP contribution in [-0.2, 0) is 15.0 Å². The summed E-state index contributed by atoms with van der Waals surface area (Å²) in [6, 6.07) is 0. The molecule has 0 aromatic rings. The fraction of sp³-hybridized carbons (Fsp3) is 0.923. The molecule has 0 radical (unpaired) electrons. The Labute approximate surface area is 121 Å². The molecule has 0 aromatic heterocycles. The highest BCUT2D eigenvalue weighted by Crippen LogP contribution is 2.12. The number of rotatable bonds is 6. The zero-order chi connectivity index (χ0) is 14.4. The molecule has 1 N–H and O–H groups in total. The lowest BCUT2D eigenvalue weighted by Gasteiger charge is -2.21. The van der Waals surface area contributed by atoms with E-state index in [0.717, 1.165) is 38.6 Å². The van der Waals surface area contributed by atoms with Gasteiger partial charge in [-0.05, 0) is 32.1 Å². The Morgan fingerprint density at radius 2 is 1.70 bits per heavy atom. The van der Waals surface area contributed by atoms with Crippen molar-refractivity contribution in [1.29, 1.82) is 0 Å². The van der Waals surface area contributed by atoms with E-state index in [1.165, 1.54) is 4.31 Å². The number of nitrogens with one attached hydrogen (secondary N) is 1. The molecule has 6 nitrogen and oxygen atoms in total. The molecule has 2 aliphatic rings. The standard InChI is InChI=1S/C13H25N3O3S/c17-13-7-2-1-3-9-15(13)10-6-8-14-20(18,19)16-11-4-5-12-16/h14H,1-12H2. The van der Waals surface area contributed by atoms with Crippen molar-refractivity contribution in [1.82, 2.24) is 13.9 Å². The second-order valence-corrected chi connectivity index (χ2v) is 7.31. The predicted molar refractivity (Wildman–Crippen MR) is 77.4 cm³/mol. The molecule has 0 saturated carbocycles. The summed E-state index contributed by atoms with van der Waals surface area (Å²) in [4.78, 5) is 13.7. The maximum Gasteiger partial charge on any atom is 0.279 e. The Morgan fingerprint density at radius 1 is 1.00 bits per heavy atom. The summed E-state index contributed by atoms with van der Waals surface area (Å²) in [6.45, 7) is 3.13. The van der Waals surface area contributed by atoms with Crippen LogP contribution in [0.4, 0.5) is 0 Å². The molecule has 7 heteroatoms. The number of hydrogen-bond donors (Lipinski definition) is 1. The number of nitrogens with zero attached hydrogens (tertiary/aromatic N) is 2. The normalized spacial score (nSPS) is 22.2. The summed E-state index contributed by atoms with van der Waals surface area (Å²) in [5.74, 6) is 0.213. The Bertz CT molecular complexity index is 419. The van der Waals surface area contributed by atoms with E-state index in [-0.39, 0.29) is 5.91 Å². The van der Waals surface area contributed by atoms with Gasteiger partial charge in [0, 0.05) is 39.1 Å². The topological polar surface area (TPSA) is 69.7 Å². The van der Waals surface area contributed by atoms with Crippen LogP contribution in [0.25, 0.3) is 0 Å². The van der Waals surface area contributed by atoms with Gasteiger partial charge in [0.25, 0.3) is 10.2 Å². The Balaban J connectivity index is 1.69. The average molecular weight is 303 g/mol. The van der Waals surface area contributed by atoms with E-state index in [1.54, 1.807) is 0 Å². The van der Waals surface area contributed by atoms with Gasteiger partial charge in [-0.15, -0.1) is 0 Å². The van der Waals surface area contributed by atoms with E-state index in [1.807, 2.05) is 4.90 Å². The Morgan fingerprint density at radius 3 is 2.45 bits per heavy atom. The number of likely N-dealkylation sites (tertiary alicyclic amines) is 1. The SMILES string of the molecule is O=C1CCCCCN1CCCNS(=O)(=O)N1CCCC1. The second-order valence-electron chi connectivity index (χ2n) is 5.55. The third kappa shape index (κ3) is 4.43. The van der Waals surface area contributed by atoms with Crippen LogP contribution < -0.4 is 4.72 Å². The van der Waals surface area contributed by atoms with Crippen molar-refractivity contribution in [2.45, 2.75) is 44.9 Å². The maximum atomic E-state index is 11.9.